The fourth-order valence-corrected chi connectivity index (χ4v) is 1.25. The zero-order chi connectivity index (χ0) is 11.4. The Bertz CT molecular complexity index is 374. The van der Waals surface area contributed by atoms with Crippen molar-refractivity contribution in [3.63, 3.8) is 0 Å². The molecule has 0 radical (unpaired) electrons. The smallest absolute Gasteiger partial charge is 0.253 e. The maximum atomic E-state index is 13.0. The maximum Gasteiger partial charge on any atom is 0.253 e. The summed E-state index contributed by atoms with van der Waals surface area (Å²) >= 11 is 5.65. The van der Waals surface area contributed by atoms with Crippen molar-refractivity contribution in [1.82, 2.24) is 5.32 Å². The van der Waals surface area contributed by atoms with Crippen LogP contribution in [-0.2, 0) is 0 Å². The molecule has 90 valence electrons. The highest BCUT2D eigenvalue weighted by atomic mass is 35.5. The van der Waals surface area contributed by atoms with Gasteiger partial charge < -0.3 is 11.1 Å². The Balaban J connectivity index is 0.00000225. The number of rotatable bonds is 3. The Morgan fingerprint density at radius 1 is 1.62 bits per heavy atom. The lowest BCUT2D eigenvalue weighted by Gasteiger charge is -2.12. The van der Waals surface area contributed by atoms with Crippen LogP contribution in [0, 0.1) is 5.82 Å². The Labute approximate surface area is 105 Å². The van der Waals surface area contributed by atoms with Gasteiger partial charge in [0, 0.05) is 12.6 Å². The summed E-state index contributed by atoms with van der Waals surface area (Å²) in [6.45, 7) is 2.07. The molecule has 1 rings (SSSR count). The van der Waals surface area contributed by atoms with Gasteiger partial charge in [0.2, 0.25) is 0 Å². The average molecular weight is 267 g/mol. The van der Waals surface area contributed by atoms with Gasteiger partial charge in [0.05, 0.1) is 10.6 Å². The van der Waals surface area contributed by atoms with Gasteiger partial charge in [0.1, 0.15) is 5.82 Å². The first-order chi connectivity index (χ1) is 7.06. The molecule has 3 N–H and O–H groups in total. The van der Waals surface area contributed by atoms with Crippen molar-refractivity contribution in [3.8, 4) is 0 Å². The van der Waals surface area contributed by atoms with Crippen LogP contribution < -0.4 is 11.1 Å². The molecule has 0 aliphatic heterocycles. The van der Waals surface area contributed by atoms with Crippen LogP contribution in [0.3, 0.4) is 0 Å². The van der Waals surface area contributed by atoms with E-state index in [-0.39, 0.29) is 29.0 Å². The van der Waals surface area contributed by atoms with Crippen LogP contribution in [0.1, 0.15) is 17.3 Å². The van der Waals surface area contributed by atoms with E-state index in [9.17, 15) is 9.18 Å². The highest BCUT2D eigenvalue weighted by Gasteiger charge is 2.14. The molecule has 6 heteroatoms. The van der Waals surface area contributed by atoms with E-state index in [1.165, 1.54) is 18.2 Å². The minimum atomic E-state index is -0.607. The predicted octanol–water partition coefficient (Wildman–Crippen LogP) is 1.98. The zero-order valence-electron chi connectivity index (χ0n) is 8.67. The Morgan fingerprint density at radius 3 is 2.81 bits per heavy atom. The van der Waals surface area contributed by atoms with E-state index >= 15 is 0 Å². The molecule has 3 nitrogen and oxygen atoms in total. The van der Waals surface area contributed by atoms with Gasteiger partial charge in [0.25, 0.3) is 5.91 Å². The van der Waals surface area contributed by atoms with Crippen LogP contribution in [0.4, 0.5) is 4.39 Å². The van der Waals surface area contributed by atoms with Crippen molar-refractivity contribution >= 4 is 29.9 Å². The lowest BCUT2D eigenvalue weighted by molar-refractivity contribution is 0.0941. The largest absolute Gasteiger partial charge is 0.348 e. The molecule has 1 aromatic rings. The molecule has 0 aliphatic rings. The Morgan fingerprint density at radius 2 is 2.25 bits per heavy atom. The number of hydrogen-bond donors (Lipinski definition) is 2. The van der Waals surface area contributed by atoms with Crippen LogP contribution in [0.5, 0.6) is 0 Å². The fourth-order valence-electron chi connectivity index (χ4n) is 1.04. The summed E-state index contributed by atoms with van der Waals surface area (Å²) in [5, 5.41) is 2.43. The van der Waals surface area contributed by atoms with Crippen molar-refractivity contribution in [2.24, 2.45) is 5.73 Å². The van der Waals surface area contributed by atoms with Gasteiger partial charge in [-0.25, -0.2) is 4.39 Å². The van der Waals surface area contributed by atoms with E-state index in [2.05, 4.69) is 5.32 Å². The third kappa shape index (κ3) is 3.63. The van der Waals surface area contributed by atoms with E-state index < -0.39 is 11.7 Å². The molecule has 1 aromatic carbocycles. The number of carbonyl (C=O) groups excluding carboxylic acids is 1. The van der Waals surface area contributed by atoms with Crippen LogP contribution in [0.25, 0.3) is 0 Å². The summed E-state index contributed by atoms with van der Waals surface area (Å²) in [5.41, 5.74) is 5.47. The molecule has 0 unspecified atom stereocenters. The molecule has 0 aliphatic carbocycles. The van der Waals surface area contributed by atoms with Crippen molar-refractivity contribution in [3.05, 3.63) is 34.6 Å². The highest BCUT2D eigenvalue weighted by molar-refractivity contribution is 6.34. The van der Waals surface area contributed by atoms with Crippen LogP contribution in [-0.4, -0.2) is 18.5 Å². The molecule has 1 atom stereocenters. The van der Waals surface area contributed by atoms with Gasteiger partial charge in [-0.2, -0.15) is 0 Å². The fraction of sp³-hybridized carbons (Fsp3) is 0.300. The summed E-state index contributed by atoms with van der Waals surface area (Å²) in [6.07, 6.45) is 0. The van der Waals surface area contributed by atoms with Gasteiger partial charge in [-0.3, -0.25) is 4.79 Å². The second-order valence-corrected chi connectivity index (χ2v) is 3.59. The lowest BCUT2D eigenvalue weighted by atomic mass is 10.2. The third-order valence-electron chi connectivity index (χ3n) is 1.93. The highest BCUT2D eigenvalue weighted by Crippen LogP contribution is 2.19. The van der Waals surface area contributed by atoms with E-state index in [0.29, 0.717) is 6.54 Å². The minimum absolute atomic E-state index is 0. The molecule has 1 amide bonds. The quantitative estimate of drug-likeness (QED) is 0.879. The number of amides is 1. The van der Waals surface area contributed by atoms with E-state index in [4.69, 9.17) is 17.3 Å². The summed E-state index contributed by atoms with van der Waals surface area (Å²) in [5.74, 6) is -1.03. The van der Waals surface area contributed by atoms with Crippen molar-refractivity contribution in [2.45, 2.75) is 13.0 Å². The van der Waals surface area contributed by atoms with E-state index in [0.717, 1.165) is 0 Å². The van der Waals surface area contributed by atoms with Crippen LogP contribution >= 0.6 is 24.0 Å². The SMILES string of the molecule is C[C@H](CN)NC(=O)c1cccc(F)c1Cl.Cl. The summed E-state index contributed by atoms with van der Waals surface area (Å²) in [4.78, 5) is 11.6. The lowest BCUT2D eigenvalue weighted by Crippen LogP contribution is -2.37. The number of hydrogen-bond acceptors (Lipinski definition) is 2. The molecule has 16 heavy (non-hydrogen) atoms. The number of nitrogens with one attached hydrogen (secondary N) is 1. The second kappa shape index (κ2) is 6.68. The number of nitrogens with two attached hydrogens (primary N) is 1. The second-order valence-electron chi connectivity index (χ2n) is 3.21. The molecular formula is C10H13Cl2FN2O. The van der Waals surface area contributed by atoms with E-state index in [1.807, 2.05) is 0 Å². The summed E-state index contributed by atoms with van der Waals surface area (Å²) in [6, 6.07) is 3.93. The van der Waals surface area contributed by atoms with Gasteiger partial charge in [-0.15, -0.1) is 12.4 Å². The molecule has 0 fully saturated rings. The normalized spacial score (nSPS) is 11.5. The van der Waals surface area contributed by atoms with Crippen LogP contribution in [0.15, 0.2) is 18.2 Å². The molecule has 0 saturated heterocycles. The first-order valence-corrected chi connectivity index (χ1v) is 4.89. The topological polar surface area (TPSA) is 55.1 Å². The van der Waals surface area contributed by atoms with Crippen molar-refractivity contribution < 1.29 is 9.18 Å². The standard InChI is InChI=1S/C10H12ClFN2O.ClH/c1-6(5-13)14-10(15)7-3-2-4-8(12)9(7)11;/h2-4,6H,5,13H2,1H3,(H,14,15);1H/t6-;/m1./s1. The third-order valence-corrected chi connectivity index (χ3v) is 2.31. The van der Waals surface area contributed by atoms with Crippen molar-refractivity contribution in [1.29, 1.82) is 0 Å². The molecule has 0 heterocycles. The molecule has 0 aromatic heterocycles. The Hall–Kier alpha value is -0.840. The average Bonchev–Trinajstić information content (AvgIpc) is 2.21. The molecular weight excluding hydrogens is 254 g/mol. The molecule has 0 saturated carbocycles. The number of benzene rings is 1. The van der Waals surface area contributed by atoms with Gasteiger partial charge in [-0.1, -0.05) is 17.7 Å². The van der Waals surface area contributed by atoms with Crippen molar-refractivity contribution in [2.75, 3.05) is 6.54 Å². The number of carbonyl (C=O) groups is 1. The first-order valence-electron chi connectivity index (χ1n) is 4.51. The summed E-state index contributed by atoms with van der Waals surface area (Å²) < 4.78 is 13.0. The minimum Gasteiger partial charge on any atom is -0.348 e. The predicted molar refractivity (Wildman–Crippen MR) is 64.6 cm³/mol. The molecule has 0 spiro atoms. The monoisotopic (exact) mass is 266 g/mol. The molecule has 0 bridgehead atoms. The van der Waals surface area contributed by atoms with Gasteiger partial charge in [0.15, 0.2) is 0 Å². The maximum absolute atomic E-state index is 13.0. The Kier molecular flexibility index (Phi) is 6.33. The number of halogens is 3. The first kappa shape index (κ1) is 15.2. The summed E-state index contributed by atoms with van der Waals surface area (Å²) in [7, 11) is 0. The van der Waals surface area contributed by atoms with Gasteiger partial charge in [-0.05, 0) is 19.1 Å². The zero-order valence-corrected chi connectivity index (χ0v) is 10.2. The van der Waals surface area contributed by atoms with E-state index in [1.54, 1.807) is 6.92 Å². The van der Waals surface area contributed by atoms with Gasteiger partial charge >= 0.3 is 0 Å². The van der Waals surface area contributed by atoms with Crippen LogP contribution in [0.2, 0.25) is 5.02 Å².